The van der Waals surface area contributed by atoms with Gasteiger partial charge < -0.3 is 10.4 Å². The fraction of sp³-hybridized carbons (Fsp3) is 0.833. The highest BCUT2D eigenvalue weighted by Gasteiger charge is 2.31. The molecule has 1 unspecified atom stereocenters. The van der Waals surface area contributed by atoms with Crippen LogP contribution in [0.3, 0.4) is 0 Å². The van der Waals surface area contributed by atoms with Crippen LogP contribution in [0.15, 0.2) is 0 Å². The normalized spacial score (nSPS) is 24.6. The molecule has 1 aliphatic heterocycles. The van der Waals surface area contributed by atoms with Crippen molar-refractivity contribution in [3.05, 3.63) is 0 Å². The Hall–Kier alpha value is -1.11. The highest BCUT2D eigenvalue weighted by atomic mass is 32.2. The summed E-state index contributed by atoms with van der Waals surface area (Å²) in [6, 6.07) is -0.907. The van der Waals surface area contributed by atoms with Gasteiger partial charge in [0.2, 0.25) is 5.91 Å². The second kappa shape index (κ2) is 6.36. The number of hydrogen-bond acceptors (Lipinski definition) is 4. The molecule has 0 aromatic heterocycles. The number of hydrogen-bond donors (Lipinski definition) is 2. The quantitative estimate of drug-likeness (QED) is 0.739. The summed E-state index contributed by atoms with van der Waals surface area (Å²) < 4.78 is 22.6. The first-order chi connectivity index (χ1) is 8.75. The maximum Gasteiger partial charge on any atom is 0.326 e. The van der Waals surface area contributed by atoms with E-state index in [1.54, 1.807) is 6.92 Å². The van der Waals surface area contributed by atoms with E-state index >= 15 is 0 Å². The van der Waals surface area contributed by atoms with E-state index in [0.717, 1.165) is 0 Å². The zero-order valence-corrected chi connectivity index (χ0v) is 12.1. The number of sulfone groups is 1. The van der Waals surface area contributed by atoms with Gasteiger partial charge in [0.1, 0.15) is 6.04 Å². The summed E-state index contributed by atoms with van der Waals surface area (Å²) in [4.78, 5) is 22.8. The smallest absolute Gasteiger partial charge is 0.326 e. The molecule has 19 heavy (non-hydrogen) atoms. The monoisotopic (exact) mass is 291 g/mol. The van der Waals surface area contributed by atoms with Gasteiger partial charge in [0, 0.05) is 6.42 Å². The molecule has 1 rings (SSSR count). The number of rotatable bonds is 6. The molecule has 7 heteroatoms. The molecule has 110 valence electrons. The Labute approximate surface area is 113 Å². The minimum Gasteiger partial charge on any atom is -0.480 e. The van der Waals surface area contributed by atoms with Gasteiger partial charge in [-0.05, 0) is 18.3 Å². The van der Waals surface area contributed by atoms with E-state index in [0.29, 0.717) is 12.8 Å². The van der Waals surface area contributed by atoms with E-state index in [2.05, 4.69) is 5.32 Å². The highest BCUT2D eigenvalue weighted by molar-refractivity contribution is 7.91. The average molecular weight is 291 g/mol. The first kappa shape index (κ1) is 15.9. The van der Waals surface area contributed by atoms with E-state index in [1.165, 1.54) is 0 Å². The number of carbonyl (C=O) groups excluding carboxylic acids is 1. The molecule has 1 amide bonds. The van der Waals surface area contributed by atoms with Crippen molar-refractivity contribution in [1.29, 1.82) is 0 Å². The predicted molar refractivity (Wildman–Crippen MR) is 70.4 cm³/mol. The molecule has 1 fully saturated rings. The molecule has 2 N–H and O–H groups in total. The molecule has 6 nitrogen and oxygen atoms in total. The number of carbonyl (C=O) groups is 2. The van der Waals surface area contributed by atoms with Gasteiger partial charge in [-0.1, -0.05) is 20.3 Å². The largest absolute Gasteiger partial charge is 0.480 e. The molecule has 0 aromatic carbocycles. The van der Waals surface area contributed by atoms with Crippen molar-refractivity contribution < 1.29 is 23.1 Å². The van der Waals surface area contributed by atoms with Crippen LogP contribution in [0.2, 0.25) is 0 Å². The molecule has 0 spiro atoms. The summed E-state index contributed by atoms with van der Waals surface area (Å²) in [6.45, 7) is 3.62. The lowest BCUT2D eigenvalue weighted by molar-refractivity contribution is -0.143. The van der Waals surface area contributed by atoms with Crippen molar-refractivity contribution in [1.82, 2.24) is 5.32 Å². The van der Waals surface area contributed by atoms with Crippen LogP contribution in [-0.4, -0.2) is 42.9 Å². The van der Waals surface area contributed by atoms with Crippen LogP contribution in [0.25, 0.3) is 0 Å². The zero-order valence-electron chi connectivity index (χ0n) is 11.3. The molecule has 0 radical (unpaired) electrons. The maximum absolute atomic E-state index is 11.8. The Balaban J connectivity index is 2.52. The van der Waals surface area contributed by atoms with Crippen LogP contribution >= 0.6 is 0 Å². The number of nitrogens with one attached hydrogen (secondary N) is 1. The molecule has 1 heterocycles. The van der Waals surface area contributed by atoms with E-state index < -0.39 is 21.8 Å². The topological polar surface area (TPSA) is 101 Å². The van der Waals surface area contributed by atoms with Crippen LogP contribution in [0.1, 0.15) is 33.1 Å². The Kier molecular flexibility index (Phi) is 5.34. The second-order valence-electron chi connectivity index (χ2n) is 5.24. The van der Waals surface area contributed by atoms with E-state index in [9.17, 15) is 18.0 Å². The highest BCUT2D eigenvalue weighted by Crippen LogP contribution is 2.21. The molecule has 0 saturated carbocycles. The van der Waals surface area contributed by atoms with Crippen LogP contribution in [0.4, 0.5) is 0 Å². The molecule has 1 saturated heterocycles. The first-order valence-electron chi connectivity index (χ1n) is 6.47. The van der Waals surface area contributed by atoms with Crippen molar-refractivity contribution in [2.45, 2.75) is 39.2 Å². The van der Waals surface area contributed by atoms with Crippen molar-refractivity contribution in [3.63, 3.8) is 0 Å². The molecule has 0 aromatic rings. The summed E-state index contributed by atoms with van der Waals surface area (Å²) in [5.74, 6) is -1.62. The van der Waals surface area contributed by atoms with Crippen LogP contribution in [-0.2, 0) is 19.4 Å². The lowest BCUT2D eigenvalue weighted by atomic mass is 9.98. The fourth-order valence-corrected chi connectivity index (χ4v) is 4.07. The standard InChI is InChI=1S/C12H21NO5S/c1-3-8(2)11(12(15)16)13-10(14)6-9-4-5-19(17,18)7-9/h8-9,11H,3-7H2,1-2H3,(H,13,14)(H,15,16)/t8-,9?,11-/m0/s1. The number of carboxylic acid groups (broad SMARTS) is 1. The first-order valence-corrected chi connectivity index (χ1v) is 8.30. The maximum atomic E-state index is 11.8. The zero-order chi connectivity index (χ0) is 14.6. The minimum absolute atomic E-state index is 0.0293. The van der Waals surface area contributed by atoms with Gasteiger partial charge in [-0.25, -0.2) is 13.2 Å². The van der Waals surface area contributed by atoms with E-state index in [1.807, 2.05) is 6.92 Å². The summed E-state index contributed by atoms with van der Waals surface area (Å²) in [5, 5.41) is 11.5. The van der Waals surface area contributed by atoms with Gasteiger partial charge in [0.05, 0.1) is 11.5 Å². The van der Waals surface area contributed by atoms with Crippen LogP contribution < -0.4 is 5.32 Å². The van der Waals surface area contributed by atoms with Gasteiger partial charge >= 0.3 is 5.97 Å². The fourth-order valence-electron chi connectivity index (χ4n) is 2.21. The third-order valence-electron chi connectivity index (χ3n) is 3.60. The third kappa shape index (κ3) is 4.81. The lowest BCUT2D eigenvalue weighted by Crippen LogP contribution is -2.45. The molecule has 3 atom stereocenters. The molecule has 0 bridgehead atoms. The Morgan fingerprint density at radius 1 is 1.42 bits per heavy atom. The minimum atomic E-state index is -3.00. The summed E-state index contributed by atoms with van der Waals surface area (Å²) in [7, 11) is -3.00. The number of aliphatic carboxylic acids is 1. The van der Waals surface area contributed by atoms with Gasteiger partial charge in [0.25, 0.3) is 0 Å². The Morgan fingerprint density at radius 2 is 2.05 bits per heavy atom. The van der Waals surface area contributed by atoms with Crippen molar-refractivity contribution >= 4 is 21.7 Å². The van der Waals surface area contributed by atoms with Crippen molar-refractivity contribution in [3.8, 4) is 0 Å². The lowest BCUT2D eigenvalue weighted by Gasteiger charge is -2.20. The van der Waals surface area contributed by atoms with Crippen molar-refractivity contribution in [2.75, 3.05) is 11.5 Å². The molecular weight excluding hydrogens is 270 g/mol. The second-order valence-corrected chi connectivity index (χ2v) is 7.47. The third-order valence-corrected chi connectivity index (χ3v) is 5.43. The number of carboxylic acids is 1. The molecule has 0 aliphatic carbocycles. The molecular formula is C12H21NO5S. The van der Waals surface area contributed by atoms with E-state index in [-0.39, 0.29) is 35.7 Å². The Morgan fingerprint density at radius 3 is 2.47 bits per heavy atom. The average Bonchev–Trinajstić information content (AvgIpc) is 2.64. The number of amides is 1. The molecule has 1 aliphatic rings. The van der Waals surface area contributed by atoms with Crippen LogP contribution in [0.5, 0.6) is 0 Å². The van der Waals surface area contributed by atoms with Crippen molar-refractivity contribution in [2.24, 2.45) is 11.8 Å². The Bertz CT molecular complexity index is 445. The van der Waals surface area contributed by atoms with E-state index in [4.69, 9.17) is 5.11 Å². The van der Waals surface area contributed by atoms with Gasteiger partial charge in [-0.15, -0.1) is 0 Å². The van der Waals surface area contributed by atoms with Gasteiger partial charge in [0.15, 0.2) is 9.84 Å². The SMILES string of the molecule is CC[C@H](C)[C@H](NC(=O)CC1CCS(=O)(=O)C1)C(=O)O. The summed E-state index contributed by atoms with van der Waals surface area (Å²) in [5.41, 5.74) is 0. The van der Waals surface area contributed by atoms with Crippen LogP contribution in [0, 0.1) is 11.8 Å². The predicted octanol–water partition coefficient (Wildman–Crippen LogP) is 0.427. The summed E-state index contributed by atoms with van der Waals surface area (Å²) in [6.07, 6.45) is 1.21. The van der Waals surface area contributed by atoms with Gasteiger partial charge in [-0.2, -0.15) is 0 Å². The summed E-state index contributed by atoms with van der Waals surface area (Å²) >= 11 is 0. The van der Waals surface area contributed by atoms with Gasteiger partial charge in [-0.3, -0.25) is 4.79 Å².